The Hall–Kier alpha value is -1.86. The molecule has 2 heterocycles. The van der Waals surface area contributed by atoms with E-state index in [0.29, 0.717) is 19.5 Å². The maximum absolute atomic E-state index is 13.2. The van der Waals surface area contributed by atoms with Crippen molar-refractivity contribution < 1.29 is 54.4 Å². The molecule has 2 saturated heterocycles. The number of aliphatic imine (C=N–C) groups is 1. The molecule has 266 valence electrons. The predicted molar refractivity (Wildman–Crippen MR) is 159 cm³/mol. The Labute approximate surface area is 265 Å². The van der Waals surface area contributed by atoms with Gasteiger partial charge in [0.2, 0.25) is 0 Å². The Morgan fingerprint density at radius 2 is 1.61 bits per heavy atom. The van der Waals surface area contributed by atoms with E-state index >= 15 is 0 Å². The molecule has 4 fully saturated rings. The van der Waals surface area contributed by atoms with Gasteiger partial charge in [-0.15, -0.1) is 0 Å². The van der Waals surface area contributed by atoms with E-state index in [-0.39, 0.29) is 31.8 Å². The quantitative estimate of drug-likeness (QED) is 0.0493. The zero-order valence-corrected chi connectivity index (χ0v) is 25.5. The van der Waals surface area contributed by atoms with Gasteiger partial charge in [0.1, 0.15) is 36.6 Å². The van der Waals surface area contributed by atoms with Crippen molar-refractivity contribution >= 4 is 11.9 Å². The summed E-state index contributed by atoms with van der Waals surface area (Å²) in [5.41, 5.74) is 32.7. The van der Waals surface area contributed by atoms with E-state index in [1.165, 1.54) is 0 Å². The first-order chi connectivity index (χ1) is 21.7. The monoisotopic (exact) mass is 665 g/mol. The molecule has 2 unspecified atom stereocenters. The van der Waals surface area contributed by atoms with Gasteiger partial charge < -0.3 is 94.6 Å². The molecule has 4 aliphatic rings. The fraction of sp³-hybridized carbons (Fsp3) is 0.923. The van der Waals surface area contributed by atoms with E-state index in [1.807, 2.05) is 0 Å². The van der Waals surface area contributed by atoms with Gasteiger partial charge in [0.15, 0.2) is 24.1 Å². The van der Waals surface area contributed by atoms with E-state index in [1.54, 1.807) is 0 Å². The van der Waals surface area contributed by atoms with Gasteiger partial charge in [-0.3, -0.25) is 4.79 Å². The Kier molecular flexibility index (Phi) is 12.5. The number of nitrogens with one attached hydrogen (secondary N) is 2. The van der Waals surface area contributed by atoms with Crippen LogP contribution in [0.3, 0.4) is 0 Å². The molecule has 0 bridgehead atoms. The zero-order valence-electron chi connectivity index (χ0n) is 25.5. The van der Waals surface area contributed by atoms with Crippen LogP contribution in [0.15, 0.2) is 4.99 Å². The lowest BCUT2D eigenvalue weighted by Gasteiger charge is -2.49. The molecule has 20 heteroatoms. The summed E-state index contributed by atoms with van der Waals surface area (Å²) in [6.07, 6.45) is -12.0. The average molecular weight is 666 g/mol. The molecule has 46 heavy (non-hydrogen) atoms. The lowest BCUT2D eigenvalue weighted by atomic mass is 9.83. The number of carbonyl (C=O) groups is 1. The van der Waals surface area contributed by atoms with Gasteiger partial charge in [0.05, 0.1) is 43.0 Å². The Morgan fingerprint density at radius 1 is 0.935 bits per heavy atom. The van der Waals surface area contributed by atoms with Gasteiger partial charge in [-0.05, 0) is 32.4 Å². The second-order valence-corrected chi connectivity index (χ2v) is 12.4. The standard InChI is InChI=1S/C26H51N9O11/c27-2-1-3-33-11-5-12(37)13(7-28)43-22(11)45-20-9(29)4-10(34-24(41)26(42)6-15(26)35-25(31)32)21(19(20)40)46-23-18(39)16(30)17(38)14(8-36)44-23/h9-23,33,36-40,42H,1-8,27-30H2,(H,34,41)(H4,31,32,35)/t9-,10+,11+,12-,13+,14+,15?,16-,17+,18+,19-,20+,21-,22+,23+,26?/m0/s1. The number of nitrogens with two attached hydrogens (primary N) is 6. The molecule has 2 aliphatic heterocycles. The molecular weight excluding hydrogens is 614 g/mol. The number of nitrogens with zero attached hydrogens (tertiary/aromatic N) is 1. The number of aliphatic hydroxyl groups excluding tert-OH is 5. The average Bonchev–Trinajstić information content (AvgIpc) is 3.67. The van der Waals surface area contributed by atoms with Crippen molar-refractivity contribution in [2.24, 2.45) is 39.4 Å². The first kappa shape index (κ1) is 37.0. The van der Waals surface area contributed by atoms with Crippen molar-refractivity contribution in [3.8, 4) is 0 Å². The Balaban J connectivity index is 1.57. The minimum Gasteiger partial charge on any atom is -0.394 e. The number of hydrogen-bond donors (Lipinski definition) is 14. The smallest absolute Gasteiger partial charge is 0.254 e. The third-order valence-electron chi connectivity index (χ3n) is 9.03. The summed E-state index contributed by atoms with van der Waals surface area (Å²) in [7, 11) is 0. The van der Waals surface area contributed by atoms with Gasteiger partial charge in [0.25, 0.3) is 5.91 Å². The molecule has 4 rings (SSSR count). The van der Waals surface area contributed by atoms with Crippen LogP contribution >= 0.6 is 0 Å². The Morgan fingerprint density at radius 3 is 2.24 bits per heavy atom. The lowest BCUT2D eigenvalue weighted by molar-refractivity contribution is -0.316. The van der Waals surface area contributed by atoms with Crippen LogP contribution in [0, 0.1) is 0 Å². The number of carbonyl (C=O) groups excluding carboxylic acids is 1. The molecule has 2 aliphatic carbocycles. The first-order valence-electron chi connectivity index (χ1n) is 15.5. The number of amides is 1. The molecule has 16 atom stereocenters. The van der Waals surface area contributed by atoms with Gasteiger partial charge in [0, 0.05) is 19.0 Å². The number of hydrogen-bond acceptors (Lipinski definition) is 17. The highest BCUT2D eigenvalue weighted by atomic mass is 16.7. The number of guanidine groups is 1. The molecule has 0 spiro atoms. The van der Waals surface area contributed by atoms with Crippen LogP contribution in [0.2, 0.25) is 0 Å². The summed E-state index contributed by atoms with van der Waals surface area (Å²) in [6, 6.07) is -4.74. The van der Waals surface area contributed by atoms with Gasteiger partial charge in [-0.25, -0.2) is 4.99 Å². The summed E-state index contributed by atoms with van der Waals surface area (Å²) < 4.78 is 23.8. The van der Waals surface area contributed by atoms with Crippen LogP contribution in [-0.2, 0) is 23.7 Å². The van der Waals surface area contributed by atoms with E-state index in [2.05, 4.69) is 15.6 Å². The summed E-state index contributed by atoms with van der Waals surface area (Å²) in [6.45, 7) is 0.250. The van der Waals surface area contributed by atoms with E-state index in [9.17, 15) is 35.4 Å². The summed E-state index contributed by atoms with van der Waals surface area (Å²) in [5.74, 6) is -1.17. The van der Waals surface area contributed by atoms with Crippen LogP contribution in [-0.4, -0.2) is 166 Å². The molecule has 0 aromatic heterocycles. The minimum absolute atomic E-state index is 0.00550. The largest absolute Gasteiger partial charge is 0.394 e. The van der Waals surface area contributed by atoms with E-state index in [0.717, 1.165) is 0 Å². The van der Waals surface area contributed by atoms with Crippen molar-refractivity contribution in [3.05, 3.63) is 0 Å². The van der Waals surface area contributed by atoms with Crippen molar-refractivity contribution in [2.75, 3.05) is 26.2 Å². The molecule has 0 aromatic carbocycles. The van der Waals surface area contributed by atoms with E-state index < -0.39 is 110 Å². The molecule has 0 radical (unpaired) electrons. The summed E-state index contributed by atoms with van der Waals surface area (Å²) in [5, 5.41) is 69.7. The lowest BCUT2D eigenvalue weighted by Crippen LogP contribution is -2.69. The highest BCUT2D eigenvalue weighted by Gasteiger charge is 2.61. The maximum Gasteiger partial charge on any atom is 0.254 e. The normalized spacial score (nSPS) is 46.0. The third-order valence-corrected chi connectivity index (χ3v) is 9.03. The zero-order chi connectivity index (χ0) is 33.9. The van der Waals surface area contributed by atoms with E-state index in [4.69, 9.17) is 53.3 Å². The van der Waals surface area contributed by atoms with Gasteiger partial charge in [-0.1, -0.05) is 0 Å². The molecule has 1 amide bonds. The molecule has 2 saturated carbocycles. The number of aliphatic hydroxyl groups is 6. The maximum atomic E-state index is 13.2. The fourth-order valence-electron chi connectivity index (χ4n) is 6.17. The number of rotatable bonds is 13. The first-order valence-corrected chi connectivity index (χ1v) is 15.5. The van der Waals surface area contributed by atoms with Crippen molar-refractivity contribution in [2.45, 2.75) is 123 Å². The third kappa shape index (κ3) is 8.05. The SMILES string of the molecule is NCCCN[C@@H]1C[C@H](O)[C@@H](CN)O[C@@H]1O[C@H]1[C@H](O)[C@@H](O[C@H]2O[C@H](CO)[C@@H](O)[C@H](N)[C@H]2O)[C@H](NC(=O)C2(O)CC2N=C(N)N)C[C@@H]1N. The predicted octanol–water partition coefficient (Wildman–Crippen LogP) is -8.38. The van der Waals surface area contributed by atoms with Crippen LogP contribution in [0.4, 0.5) is 0 Å². The second-order valence-electron chi connectivity index (χ2n) is 12.4. The van der Waals surface area contributed by atoms with Crippen molar-refractivity contribution in [1.82, 2.24) is 10.6 Å². The van der Waals surface area contributed by atoms with Crippen LogP contribution < -0.4 is 45.0 Å². The van der Waals surface area contributed by atoms with Gasteiger partial charge >= 0.3 is 0 Å². The Bertz CT molecular complexity index is 1050. The molecule has 20 nitrogen and oxygen atoms in total. The summed E-state index contributed by atoms with van der Waals surface area (Å²) >= 11 is 0. The second kappa shape index (κ2) is 15.6. The van der Waals surface area contributed by atoms with Gasteiger partial charge in [-0.2, -0.15) is 0 Å². The molecule has 20 N–H and O–H groups in total. The van der Waals surface area contributed by atoms with Crippen LogP contribution in [0.1, 0.15) is 25.7 Å². The van der Waals surface area contributed by atoms with Crippen LogP contribution in [0.25, 0.3) is 0 Å². The minimum atomic E-state index is -1.93. The van der Waals surface area contributed by atoms with Crippen molar-refractivity contribution in [1.29, 1.82) is 0 Å². The molecule has 0 aromatic rings. The summed E-state index contributed by atoms with van der Waals surface area (Å²) in [4.78, 5) is 17.0. The number of ether oxygens (including phenoxy) is 4. The highest BCUT2D eigenvalue weighted by Crippen LogP contribution is 2.40. The fourth-order valence-corrected chi connectivity index (χ4v) is 6.17. The molecular formula is C26H51N9O11. The topological polar surface area (TPSA) is 368 Å². The highest BCUT2D eigenvalue weighted by molar-refractivity contribution is 5.90. The van der Waals surface area contributed by atoms with Crippen molar-refractivity contribution in [3.63, 3.8) is 0 Å². The van der Waals surface area contributed by atoms with Crippen LogP contribution in [0.5, 0.6) is 0 Å².